The number of nitrogens with zero attached hydrogens (tertiary/aromatic N) is 4. The Labute approximate surface area is 174 Å². The van der Waals surface area contributed by atoms with Gasteiger partial charge in [-0.1, -0.05) is 11.3 Å². The van der Waals surface area contributed by atoms with E-state index in [1.807, 2.05) is 0 Å². The molecule has 1 amide bonds. The van der Waals surface area contributed by atoms with Crippen LogP contribution in [0.5, 0.6) is 11.8 Å². The van der Waals surface area contributed by atoms with Gasteiger partial charge in [-0.3, -0.25) is 14.7 Å². The number of alkyl halides is 3. The Balaban J connectivity index is 1.32. The van der Waals surface area contributed by atoms with Gasteiger partial charge in [-0.05, 0) is 17.1 Å². The Morgan fingerprint density at radius 3 is 2.97 bits per heavy atom. The summed E-state index contributed by atoms with van der Waals surface area (Å²) in [6.45, 7) is -0.0738. The fourth-order valence-corrected chi connectivity index (χ4v) is 3.67. The lowest BCUT2D eigenvalue weighted by Crippen LogP contribution is -2.34. The maximum Gasteiger partial charge on any atom is 0.573 e. The van der Waals surface area contributed by atoms with E-state index in [0.717, 1.165) is 17.4 Å². The van der Waals surface area contributed by atoms with Crippen molar-refractivity contribution in [2.75, 3.05) is 18.5 Å². The van der Waals surface area contributed by atoms with E-state index in [9.17, 15) is 28.1 Å². The van der Waals surface area contributed by atoms with Crippen LogP contribution in [0, 0.1) is 10.1 Å². The van der Waals surface area contributed by atoms with Crippen LogP contribution in [0.25, 0.3) is 10.2 Å². The Hall–Kier alpha value is -3.46. The second kappa shape index (κ2) is 7.99. The highest BCUT2D eigenvalue weighted by Gasteiger charge is 2.31. The fourth-order valence-electron chi connectivity index (χ4n) is 2.76. The van der Waals surface area contributed by atoms with E-state index in [2.05, 4.69) is 20.0 Å². The van der Waals surface area contributed by atoms with Crippen LogP contribution in [0.4, 0.5) is 24.1 Å². The molecule has 11 nitrogen and oxygen atoms in total. The van der Waals surface area contributed by atoms with Gasteiger partial charge < -0.3 is 24.3 Å². The van der Waals surface area contributed by atoms with Gasteiger partial charge in [0.05, 0.1) is 16.8 Å². The summed E-state index contributed by atoms with van der Waals surface area (Å²) < 4.78 is 53.4. The minimum absolute atomic E-state index is 0.0601. The molecule has 2 aromatic heterocycles. The summed E-state index contributed by atoms with van der Waals surface area (Å²) >= 11 is 0.976. The molecular formula is C16H12F3N5O6S. The third-order valence-corrected chi connectivity index (χ3v) is 4.94. The minimum Gasteiger partial charge on any atom is -0.443 e. The first kappa shape index (κ1) is 20.8. The molecule has 164 valence electrons. The number of rotatable bonds is 6. The van der Waals surface area contributed by atoms with E-state index in [1.54, 1.807) is 0 Å². The Kier molecular flexibility index (Phi) is 5.36. The zero-order chi connectivity index (χ0) is 22.2. The second-order valence-electron chi connectivity index (χ2n) is 6.28. The molecule has 3 aromatic rings. The molecule has 1 atom stereocenters. The number of hydrogen-bond donors (Lipinski definition) is 1. The topological polar surface area (TPSA) is 131 Å². The summed E-state index contributed by atoms with van der Waals surface area (Å²) in [5.74, 6) is -1.28. The molecular weight excluding hydrogens is 447 g/mol. The van der Waals surface area contributed by atoms with Crippen LogP contribution in [0.15, 0.2) is 24.4 Å². The summed E-state index contributed by atoms with van der Waals surface area (Å²) in [5.41, 5.74) is 0.394. The van der Waals surface area contributed by atoms with Crippen LogP contribution >= 0.6 is 11.3 Å². The number of nitrogens with one attached hydrogen (secondary N) is 1. The van der Waals surface area contributed by atoms with Crippen molar-refractivity contribution in [3.63, 3.8) is 0 Å². The van der Waals surface area contributed by atoms with Gasteiger partial charge in [0, 0.05) is 11.1 Å². The number of hydrogen-bond acceptors (Lipinski definition) is 9. The molecule has 0 spiro atoms. The molecule has 1 aromatic carbocycles. The number of imidazole rings is 1. The Bertz CT molecular complexity index is 1150. The van der Waals surface area contributed by atoms with Crippen LogP contribution in [0.3, 0.4) is 0 Å². The Morgan fingerprint density at radius 1 is 1.42 bits per heavy atom. The van der Waals surface area contributed by atoms with Crippen molar-refractivity contribution >= 4 is 38.4 Å². The van der Waals surface area contributed by atoms with E-state index >= 15 is 0 Å². The lowest BCUT2D eigenvalue weighted by molar-refractivity contribution is -0.389. The first-order chi connectivity index (χ1) is 14.7. The molecule has 4 rings (SSSR count). The molecule has 3 heterocycles. The van der Waals surface area contributed by atoms with E-state index in [1.165, 1.54) is 22.9 Å². The number of thiazole rings is 1. The molecule has 0 fully saturated rings. The van der Waals surface area contributed by atoms with Gasteiger partial charge >= 0.3 is 18.2 Å². The first-order valence-corrected chi connectivity index (χ1v) is 9.40. The Morgan fingerprint density at radius 2 is 2.23 bits per heavy atom. The molecule has 1 aliphatic heterocycles. The van der Waals surface area contributed by atoms with Gasteiger partial charge in [-0.2, -0.15) is 0 Å². The minimum atomic E-state index is -4.81. The lowest BCUT2D eigenvalue weighted by Gasteiger charge is -2.21. The molecule has 1 aliphatic rings. The van der Waals surface area contributed by atoms with Crippen molar-refractivity contribution in [2.24, 2.45) is 0 Å². The normalized spacial score (nSPS) is 15.9. The van der Waals surface area contributed by atoms with Crippen LogP contribution in [0.1, 0.15) is 0 Å². The molecule has 0 saturated heterocycles. The number of carbonyl (C=O) groups excluding carboxylic acids is 1. The van der Waals surface area contributed by atoms with Gasteiger partial charge in [-0.15, -0.1) is 13.2 Å². The molecule has 0 saturated carbocycles. The van der Waals surface area contributed by atoms with E-state index < -0.39 is 23.3 Å². The number of anilines is 1. The molecule has 0 radical (unpaired) electrons. The van der Waals surface area contributed by atoms with Crippen molar-refractivity contribution < 1.29 is 37.1 Å². The highest BCUT2D eigenvalue weighted by atomic mass is 32.1. The van der Waals surface area contributed by atoms with Gasteiger partial charge in [0.2, 0.25) is 0 Å². The van der Waals surface area contributed by atoms with Crippen molar-refractivity contribution in [1.82, 2.24) is 14.5 Å². The number of benzene rings is 1. The maximum atomic E-state index is 12.3. The SMILES string of the molecule is O=C(COC1COc2nc([N+](=O)[O-])cn2C1)Nc1nc2ccc(OC(F)(F)F)cc2s1. The fraction of sp³-hybridized carbons (Fsp3) is 0.312. The van der Waals surface area contributed by atoms with Crippen LogP contribution in [-0.4, -0.2) is 51.0 Å². The predicted molar refractivity (Wildman–Crippen MR) is 99.0 cm³/mol. The van der Waals surface area contributed by atoms with Crippen LogP contribution < -0.4 is 14.8 Å². The van der Waals surface area contributed by atoms with Gasteiger partial charge in [0.25, 0.3) is 5.91 Å². The van der Waals surface area contributed by atoms with Gasteiger partial charge in [0.1, 0.15) is 31.3 Å². The van der Waals surface area contributed by atoms with Crippen molar-refractivity contribution in [3.05, 3.63) is 34.5 Å². The maximum absolute atomic E-state index is 12.3. The van der Waals surface area contributed by atoms with E-state index in [0.29, 0.717) is 10.2 Å². The summed E-state index contributed by atoms with van der Waals surface area (Å²) in [6, 6.07) is 3.75. The van der Waals surface area contributed by atoms with Crippen molar-refractivity contribution in [3.8, 4) is 11.8 Å². The number of nitro groups is 1. The molecule has 1 N–H and O–H groups in total. The zero-order valence-corrected chi connectivity index (χ0v) is 16.1. The van der Waals surface area contributed by atoms with Crippen molar-refractivity contribution in [2.45, 2.75) is 19.0 Å². The molecule has 15 heteroatoms. The van der Waals surface area contributed by atoms with E-state index in [-0.39, 0.29) is 42.5 Å². The second-order valence-corrected chi connectivity index (χ2v) is 7.31. The summed E-state index contributed by atoms with van der Waals surface area (Å²) in [4.78, 5) is 30.1. The largest absolute Gasteiger partial charge is 0.573 e. The zero-order valence-electron chi connectivity index (χ0n) is 15.3. The quantitative estimate of drug-likeness (QED) is 0.440. The third kappa shape index (κ3) is 5.00. The van der Waals surface area contributed by atoms with E-state index in [4.69, 9.17) is 9.47 Å². The van der Waals surface area contributed by atoms with Crippen LogP contribution in [0.2, 0.25) is 0 Å². The molecule has 0 bridgehead atoms. The number of halogens is 3. The smallest absolute Gasteiger partial charge is 0.443 e. The van der Waals surface area contributed by atoms with Crippen molar-refractivity contribution in [1.29, 1.82) is 0 Å². The monoisotopic (exact) mass is 459 g/mol. The summed E-state index contributed by atoms with van der Waals surface area (Å²) in [7, 11) is 0. The highest BCUT2D eigenvalue weighted by Crippen LogP contribution is 2.31. The van der Waals surface area contributed by atoms with Gasteiger partial charge in [-0.25, -0.2) is 4.98 Å². The number of amides is 1. The number of ether oxygens (including phenoxy) is 3. The predicted octanol–water partition coefficient (Wildman–Crippen LogP) is 2.72. The standard InChI is InChI=1S/C16H12F3N5O6S/c17-16(18,19)30-8-1-2-10-11(3-8)31-14(20-10)22-13(25)7-28-9-4-23-5-12(24(26)27)21-15(23)29-6-9/h1-3,5,9H,4,6-7H2,(H,20,22,25). The third-order valence-electron chi connectivity index (χ3n) is 4.00. The lowest BCUT2D eigenvalue weighted by atomic mass is 10.3. The summed E-state index contributed by atoms with van der Waals surface area (Å²) in [6.07, 6.45) is -4.13. The van der Waals surface area contributed by atoms with Gasteiger partial charge in [0.15, 0.2) is 5.13 Å². The summed E-state index contributed by atoms with van der Waals surface area (Å²) in [5, 5.41) is 13.5. The van der Waals surface area contributed by atoms with Crippen LogP contribution in [-0.2, 0) is 16.1 Å². The molecule has 0 aliphatic carbocycles. The molecule has 1 unspecified atom stereocenters. The number of aromatic nitrogens is 3. The highest BCUT2D eigenvalue weighted by molar-refractivity contribution is 7.22. The molecule has 31 heavy (non-hydrogen) atoms. The average molecular weight is 459 g/mol. The first-order valence-electron chi connectivity index (χ1n) is 8.58. The number of carbonyl (C=O) groups is 1. The number of fused-ring (bicyclic) bond motifs is 2. The average Bonchev–Trinajstić information content (AvgIpc) is 3.27.